The van der Waals surface area contributed by atoms with Crippen molar-refractivity contribution in [3.63, 3.8) is 0 Å². The Kier molecular flexibility index (Phi) is 8.60. The zero-order chi connectivity index (χ0) is 28.2. The molecule has 1 aromatic heterocycles. The first kappa shape index (κ1) is 28.0. The third-order valence-electron chi connectivity index (χ3n) is 8.27. The average Bonchev–Trinajstić information content (AvgIpc) is 3.32. The number of aromatic nitrogens is 1. The number of isothiocyanates is 1. The van der Waals surface area contributed by atoms with Crippen LogP contribution in [-0.2, 0) is 17.8 Å². The molecular formula is C32H37N5O2S. The molecule has 1 aliphatic carbocycles. The predicted octanol–water partition coefficient (Wildman–Crippen LogP) is 5.32. The maximum Gasteiger partial charge on any atom is 0.251 e. The van der Waals surface area contributed by atoms with Gasteiger partial charge in [-0.05, 0) is 99.4 Å². The lowest BCUT2D eigenvalue weighted by Crippen LogP contribution is -2.47. The fraction of sp³-hybridized carbons (Fsp3) is 0.406. The van der Waals surface area contributed by atoms with Crippen molar-refractivity contribution in [2.75, 3.05) is 33.2 Å². The molecule has 0 radical (unpaired) electrons. The zero-order valence-electron chi connectivity index (χ0n) is 23.5. The van der Waals surface area contributed by atoms with E-state index in [0.29, 0.717) is 23.8 Å². The number of carbonyl (C=O) groups is 2. The summed E-state index contributed by atoms with van der Waals surface area (Å²) in [4.78, 5) is 33.9. The normalized spacial score (nSPS) is 18.0. The van der Waals surface area contributed by atoms with E-state index in [9.17, 15) is 9.59 Å². The first-order valence-corrected chi connectivity index (χ1v) is 14.6. The summed E-state index contributed by atoms with van der Waals surface area (Å²) in [5.74, 6) is 0.0320. The van der Waals surface area contributed by atoms with Crippen molar-refractivity contribution >= 4 is 51.4 Å². The van der Waals surface area contributed by atoms with Crippen molar-refractivity contribution in [1.82, 2.24) is 19.7 Å². The Labute approximate surface area is 241 Å². The highest BCUT2D eigenvalue weighted by molar-refractivity contribution is 7.78. The molecule has 0 spiro atoms. The van der Waals surface area contributed by atoms with Gasteiger partial charge in [-0.15, -0.1) is 0 Å². The Balaban J connectivity index is 1.26. The summed E-state index contributed by atoms with van der Waals surface area (Å²) < 4.78 is 2.36. The minimum atomic E-state index is -0.109. The Morgan fingerprint density at radius 2 is 1.90 bits per heavy atom. The van der Waals surface area contributed by atoms with Crippen molar-refractivity contribution in [2.45, 2.75) is 45.7 Å². The maximum atomic E-state index is 13.2. The molecule has 0 saturated heterocycles. The minimum absolute atomic E-state index is 0.0834. The second-order valence-electron chi connectivity index (χ2n) is 10.7. The highest BCUT2D eigenvalue weighted by Crippen LogP contribution is 2.42. The second-order valence-corrected chi connectivity index (χ2v) is 10.8. The number of thiocarbonyl (C=S) groups is 1. The number of aryl methyl sites for hydroxylation is 1. The fourth-order valence-corrected chi connectivity index (χ4v) is 6.29. The van der Waals surface area contributed by atoms with Crippen LogP contribution in [0.4, 0.5) is 5.69 Å². The topological polar surface area (TPSA) is 69.9 Å². The van der Waals surface area contributed by atoms with Crippen molar-refractivity contribution in [3.8, 4) is 0 Å². The quantitative estimate of drug-likeness (QED) is 0.209. The van der Waals surface area contributed by atoms with E-state index in [0.717, 1.165) is 45.4 Å². The molecule has 3 aromatic rings. The highest BCUT2D eigenvalue weighted by Gasteiger charge is 2.36. The number of unbranched alkanes of at least 4 members (excludes halogenated alkanes) is 1. The first-order chi connectivity index (χ1) is 19.4. The van der Waals surface area contributed by atoms with Crippen molar-refractivity contribution < 1.29 is 9.59 Å². The molecule has 0 saturated carbocycles. The molecule has 1 N–H and O–H groups in total. The van der Waals surface area contributed by atoms with Crippen LogP contribution in [0.25, 0.3) is 16.5 Å². The number of nitrogens with zero attached hydrogens (tertiary/aromatic N) is 4. The number of rotatable bonds is 10. The lowest BCUT2D eigenvalue weighted by atomic mass is 9.79. The van der Waals surface area contributed by atoms with Gasteiger partial charge in [0, 0.05) is 61.4 Å². The van der Waals surface area contributed by atoms with E-state index in [4.69, 9.17) is 0 Å². The number of amides is 2. The third-order valence-corrected chi connectivity index (χ3v) is 8.36. The van der Waals surface area contributed by atoms with Gasteiger partial charge in [0.2, 0.25) is 5.91 Å². The van der Waals surface area contributed by atoms with E-state index in [1.165, 1.54) is 27.6 Å². The molecule has 2 amide bonds. The lowest BCUT2D eigenvalue weighted by Gasteiger charge is -2.40. The minimum Gasteiger partial charge on any atom is -0.352 e. The van der Waals surface area contributed by atoms with Gasteiger partial charge in [-0.2, -0.15) is 4.99 Å². The molecule has 2 aliphatic rings. The number of nitrogens with one attached hydrogen (secondary N) is 1. The zero-order valence-corrected chi connectivity index (χ0v) is 24.3. The summed E-state index contributed by atoms with van der Waals surface area (Å²) >= 11 is 4.62. The smallest absolute Gasteiger partial charge is 0.251 e. The molecule has 5 rings (SSSR count). The molecule has 2 aromatic carbocycles. The largest absolute Gasteiger partial charge is 0.352 e. The van der Waals surface area contributed by atoms with Crippen molar-refractivity contribution in [1.29, 1.82) is 0 Å². The van der Waals surface area contributed by atoms with Gasteiger partial charge in [0.25, 0.3) is 5.91 Å². The van der Waals surface area contributed by atoms with E-state index < -0.39 is 0 Å². The number of fused-ring (bicyclic) bond motifs is 2. The van der Waals surface area contributed by atoms with Crippen molar-refractivity contribution in [3.05, 3.63) is 71.4 Å². The van der Waals surface area contributed by atoms with Gasteiger partial charge in [-0.3, -0.25) is 14.5 Å². The molecule has 40 heavy (non-hydrogen) atoms. The van der Waals surface area contributed by atoms with Crippen LogP contribution in [0.15, 0.2) is 59.7 Å². The van der Waals surface area contributed by atoms with E-state index >= 15 is 0 Å². The lowest BCUT2D eigenvalue weighted by molar-refractivity contribution is -0.134. The summed E-state index contributed by atoms with van der Waals surface area (Å²) in [6, 6.07) is 13.9. The summed E-state index contributed by atoms with van der Waals surface area (Å²) in [6.07, 6.45) is 7.37. The number of likely N-dealkylation sites (N-methyl/N-ethyl adjacent to an activating group) is 1. The molecule has 0 bridgehead atoms. The van der Waals surface area contributed by atoms with Crippen molar-refractivity contribution in [2.24, 2.45) is 10.9 Å². The van der Waals surface area contributed by atoms with Gasteiger partial charge in [0.05, 0.1) is 16.8 Å². The number of hydrogen-bond donors (Lipinski definition) is 1. The molecule has 2 heterocycles. The Bertz CT molecular complexity index is 1480. The molecular weight excluding hydrogens is 518 g/mol. The van der Waals surface area contributed by atoms with Crippen LogP contribution in [0.3, 0.4) is 0 Å². The van der Waals surface area contributed by atoms with Crippen LogP contribution in [0, 0.1) is 5.92 Å². The average molecular weight is 556 g/mol. The number of benzene rings is 2. The Hall–Kier alpha value is -3.58. The standard InChI is InChI=1S/C32H37N5O2S/c1-4-36(5-2)32(39)24-17-27-26-9-8-10-28-30(26)23(18-29(27)35(3)19-24)20-37(28)16-7-6-15-33-31(38)22-11-13-25(14-12-22)34-21-40/h8-14,17,20,24,29H,4-7,15-16,18-19H2,1-3H3,(H,33,38)/t24-,29?/m1/s1. The summed E-state index contributed by atoms with van der Waals surface area (Å²) in [5, 5.41) is 6.67. The monoisotopic (exact) mass is 555 g/mol. The maximum absolute atomic E-state index is 13.2. The Morgan fingerprint density at radius 3 is 2.62 bits per heavy atom. The van der Waals surface area contributed by atoms with Gasteiger partial charge in [0.1, 0.15) is 0 Å². The van der Waals surface area contributed by atoms with Crippen LogP contribution in [-0.4, -0.2) is 70.6 Å². The van der Waals surface area contributed by atoms with Crippen LogP contribution in [0.5, 0.6) is 0 Å². The Morgan fingerprint density at radius 1 is 1.12 bits per heavy atom. The van der Waals surface area contributed by atoms with Gasteiger partial charge in [-0.25, -0.2) is 0 Å². The molecule has 8 heteroatoms. The second kappa shape index (κ2) is 12.3. The molecule has 1 unspecified atom stereocenters. The van der Waals surface area contributed by atoms with E-state index in [2.05, 4.69) is 74.7 Å². The summed E-state index contributed by atoms with van der Waals surface area (Å²) in [6.45, 7) is 7.85. The third kappa shape index (κ3) is 5.52. The predicted molar refractivity (Wildman–Crippen MR) is 164 cm³/mol. The van der Waals surface area contributed by atoms with Crippen LogP contribution < -0.4 is 5.32 Å². The van der Waals surface area contributed by atoms with Gasteiger partial charge in [0.15, 0.2) is 0 Å². The summed E-state index contributed by atoms with van der Waals surface area (Å²) in [5.41, 5.74) is 6.47. The SMILES string of the molecule is CCN(CC)C(=O)[C@@H]1C=C2c3cccc4c3c(cn4CCCCNC(=O)c3ccc(N=C=S)cc3)CC2N(C)C1. The number of aliphatic imine (C=N–C) groups is 1. The van der Waals surface area contributed by atoms with Gasteiger partial charge < -0.3 is 14.8 Å². The fourth-order valence-electron chi connectivity index (χ4n) is 6.19. The van der Waals surface area contributed by atoms with E-state index in [-0.39, 0.29) is 17.7 Å². The molecule has 7 nitrogen and oxygen atoms in total. The van der Waals surface area contributed by atoms with Crippen LogP contribution in [0.1, 0.15) is 48.2 Å². The van der Waals surface area contributed by atoms with E-state index in [1.54, 1.807) is 24.3 Å². The summed E-state index contributed by atoms with van der Waals surface area (Å²) in [7, 11) is 2.15. The van der Waals surface area contributed by atoms with Gasteiger partial charge in [-0.1, -0.05) is 18.2 Å². The van der Waals surface area contributed by atoms with Crippen LogP contribution in [0.2, 0.25) is 0 Å². The van der Waals surface area contributed by atoms with Crippen LogP contribution >= 0.6 is 12.2 Å². The van der Waals surface area contributed by atoms with E-state index in [1.807, 2.05) is 18.7 Å². The van der Waals surface area contributed by atoms with Gasteiger partial charge >= 0.3 is 0 Å². The molecule has 1 aliphatic heterocycles. The molecule has 2 atom stereocenters. The molecule has 208 valence electrons. The number of hydrogen-bond acceptors (Lipinski definition) is 5. The molecule has 0 fully saturated rings. The highest BCUT2D eigenvalue weighted by atomic mass is 32.1. The number of carbonyl (C=O) groups excluding carboxylic acids is 2. The first-order valence-electron chi connectivity index (χ1n) is 14.2.